The highest BCUT2D eigenvalue weighted by Gasteiger charge is 2.18. The Morgan fingerprint density at radius 1 is 1.33 bits per heavy atom. The number of halogens is 1. The van der Waals surface area contributed by atoms with Crippen LogP contribution in [0.25, 0.3) is 0 Å². The minimum Gasteiger partial charge on any atom is -0.384 e. The number of anilines is 1. The number of nitrogens with two attached hydrogens (primary N) is 1. The zero-order valence-electron chi connectivity index (χ0n) is 12.1. The van der Waals surface area contributed by atoms with Gasteiger partial charge in [-0.05, 0) is 50.3 Å². The van der Waals surface area contributed by atoms with Gasteiger partial charge in [0.05, 0.1) is 17.4 Å². The zero-order valence-corrected chi connectivity index (χ0v) is 13.7. The third-order valence-electron chi connectivity index (χ3n) is 3.81. The van der Waals surface area contributed by atoms with Crippen LogP contribution in [0.3, 0.4) is 0 Å². The Balaban J connectivity index is 1.66. The quantitative estimate of drug-likeness (QED) is 0.770. The maximum absolute atomic E-state index is 9.06. The lowest BCUT2D eigenvalue weighted by Crippen LogP contribution is -2.30. The molecule has 1 fully saturated rings. The van der Waals surface area contributed by atoms with Gasteiger partial charge in [0.25, 0.3) is 0 Å². The third-order valence-corrected chi connectivity index (χ3v) is 4.30. The van der Waals surface area contributed by atoms with E-state index in [4.69, 9.17) is 15.7 Å². The second-order valence-electron chi connectivity index (χ2n) is 5.49. The minimum absolute atomic E-state index is 0.368. The van der Waals surface area contributed by atoms with E-state index < -0.39 is 0 Å². The number of nitrogens with zero attached hydrogens (tertiary/aromatic N) is 1. The van der Waals surface area contributed by atoms with Crippen molar-refractivity contribution in [3.05, 3.63) is 28.2 Å². The molecule has 0 saturated heterocycles. The number of hydrogen-bond donors (Lipinski definition) is 2. The van der Waals surface area contributed by atoms with E-state index in [0.717, 1.165) is 55.4 Å². The summed E-state index contributed by atoms with van der Waals surface area (Å²) in [4.78, 5) is 0. The van der Waals surface area contributed by atoms with E-state index in [-0.39, 0.29) is 0 Å². The Hall–Kier alpha value is -1.09. The standard InChI is InChI=1S/C16H22BrN3O/c17-13-3-2-12(11-18)16(10-13)20-8-1-9-21-15-6-4-14(19)5-7-15/h2-3,10,14-15,20H,1,4-9,19H2. The fourth-order valence-corrected chi connectivity index (χ4v) is 2.92. The van der Waals surface area contributed by atoms with Gasteiger partial charge in [-0.3, -0.25) is 0 Å². The molecule has 0 amide bonds. The van der Waals surface area contributed by atoms with Crippen LogP contribution >= 0.6 is 15.9 Å². The molecule has 5 heteroatoms. The van der Waals surface area contributed by atoms with Gasteiger partial charge in [-0.1, -0.05) is 15.9 Å². The highest BCUT2D eigenvalue weighted by atomic mass is 79.9. The Kier molecular flexibility index (Phi) is 6.50. The fourth-order valence-electron chi connectivity index (χ4n) is 2.56. The number of nitriles is 1. The van der Waals surface area contributed by atoms with Crippen molar-refractivity contribution in [3.63, 3.8) is 0 Å². The molecule has 4 nitrogen and oxygen atoms in total. The SMILES string of the molecule is N#Cc1ccc(Br)cc1NCCCOC1CCC(N)CC1. The molecule has 2 rings (SSSR count). The lowest BCUT2D eigenvalue weighted by atomic mass is 9.94. The molecule has 0 spiro atoms. The van der Waals surface area contributed by atoms with E-state index in [2.05, 4.69) is 27.3 Å². The molecule has 0 atom stereocenters. The van der Waals surface area contributed by atoms with E-state index in [0.29, 0.717) is 17.7 Å². The average molecular weight is 352 g/mol. The molecule has 1 aliphatic rings. The first-order chi connectivity index (χ1) is 10.2. The predicted octanol–water partition coefficient (Wildman–Crippen LogP) is 3.41. The second-order valence-corrected chi connectivity index (χ2v) is 6.41. The zero-order chi connectivity index (χ0) is 15.1. The van der Waals surface area contributed by atoms with Gasteiger partial charge >= 0.3 is 0 Å². The third kappa shape index (κ3) is 5.31. The first-order valence-corrected chi connectivity index (χ1v) is 8.29. The number of ether oxygens (including phenoxy) is 1. The molecule has 0 radical (unpaired) electrons. The molecule has 0 heterocycles. The first kappa shape index (κ1) is 16.3. The van der Waals surface area contributed by atoms with Crippen LogP contribution in [-0.4, -0.2) is 25.3 Å². The largest absolute Gasteiger partial charge is 0.384 e. The van der Waals surface area contributed by atoms with Gasteiger partial charge in [0.1, 0.15) is 6.07 Å². The van der Waals surface area contributed by atoms with Gasteiger partial charge in [-0.15, -0.1) is 0 Å². The lowest BCUT2D eigenvalue weighted by Gasteiger charge is -2.26. The van der Waals surface area contributed by atoms with Crippen molar-refractivity contribution in [1.82, 2.24) is 0 Å². The van der Waals surface area contributed by atoms with E-state index in [1.165, 1.54) is 0 Å². The van der Waals surface area contributed by atoms with E-state index in [1.807, 2.05) is 18.2 Å². The Morgan fingerprint density at radius 2 is 2.10 bits per heavy atom. The summed E-state index contributed by atoms with van der Waals surface area (Å²) in [5.74, 6) is 0. The number of rotatable bonds is 6. The molecule has 21 heavy (non-hydrogen) atoms. The van der Waals surface area contributed by atoms with Crippen molar-refractivity contribution in [2.45, 2.75) is 44.2 Å². The number of benzene rings is 1. The van der Waals surface area contributed by atoms with Crippen LogP contribution in [0.1, 0.15) is 37.7 Å². The molecule has 114 valence electrons. The minimum atomic E-state index is 0.368. The average Bonchev–Trinajstić information content (AvgIpc) is 2.49. The molecule has 0 aliphatic heterocycles. The Morgan fingerprint density at radius 3 is 2.81 bits per heavy atom. The van der Waals surface area contributed by atoms with Crippen LogP contribution in [0.2, 0.25) is 0 Å². The summed E-state index contributed by atoms with van der Waals surface area (Å²) < 4.78 is 6.85. The summed E-state index contributed by atoms with van der Waals surface area (Å²) in [5, 5.41) is 12.4. The molecule has 0 bridgehead atoms. The Bertz CT molecular complexity index is 493. The van der Waals surface area contributed by atoms with Gasteiger partial charge < -0.3 is 15.8 Å². The van der Waals surface area contributed by atoms with Crippen molar-refractivity contribution in [2.24, 2.45) is 5.73 Å². The molecular formula is C16H22BrN3O. The van der Waals surface area contributed by atoms with Crippen molar-refractivity contribution >= 4 is 21.6 Å². The van der Waals surface area contributed by atoms with Crippen molar-refractivity contribution < 1.29 is 4.74 Å². The van der Waals surface area contributed by atoms with Crippen LogP contribution < -0.4 is 11.1 Å². The number of hydrogen-bond acceptors (Lipinski definition) is 4. The summed E-state index contributed by atoms with van der Waals surface area (Å²) >= 11 is 3.42. The van der Waals surface area contributed by atoms with Gasteiger partial charge in [0, 0.05) is 23.7 Å². The maximum Gasteiger partial charge on any atom is 0.101 e. The van der Waals surface area contributed by atoms with Crippen LogP contribution in [0.4, 0.5) is 5.69 Å². The molecule has 1 aromatic rings. The highest BCUT2D eigenvalue weighted by molar-refractivity contribution is 9.10. The Labute approximate surface area is 134 Å². The van der Waals surface area contributed by atoms with E-state index >= 15 is 0 Å². The molecule has 0 aromatic heterocycles. The molecule has 0 unspecified atom stereocenters. The summed E-state index contributed by atoms with van der Waals surface area (Å²) in [6, 6.07) is 8.18. The second kappa shape index (κ2) is 8.38. The summed E-state index contributed by atoms with van der Waals surface area (Å²) in [5.41, 5.74) is 7.42. The summed E-state index contributed by atoms with van der Waals surface area (Å²) in [7, 11) is 0. The van der Waals surface area contributed by atoms with E-state index in [9.17, 15) is 0 Å². The number of nitrogens with one attached hydrogen (secondary N) is 1. The monoisotopic (exact) mass is 351 g/mol. The van der Waals surface area contributed by atoms with Crippen molar-refractivity contribution in [3.8, 4) is 6.07 Å². The maximum atomic E-state index is 9.06. The van der Waals surface area contributed by atoms with Gasteiger partial charge in [-0.25, -0.2) is 0 Å². The van der Waals surface area contributed by atoms with Crippen LogP contribution in [0, 0.1) is 11.3 Å². The van der Waals surface area contributed by atoms with E-state index in [1.54, 1.807) is 0 Å². The molecule has 1 aliphatic carbocycles. The first-order valence-electron chi connectivity index (χ1n) is 7.49. The van der Waals surface area contributed by atoms with Gasteiger partial charge in [-0.2, -0.15) is 5.26 Å². The van der Waals surface area contributed by atoms with Crippen LogP contribution in [-0.2, 0) is 4.74 Å². The summed E-state index contributed by atoms with van der Waals surface area (Å²) in [6.45, 7) is 1.56. The lowest BCUT2D eigenvalue weighted by molar-refractivity contribution is 0.0251. The molecule has 1 aromatic carbocycles. The van der Waals surface area contributed by atoms with Gasteiger partial charge in [0.15, 0.2) is 0 Å². The highest BCUT2D eigenvalue weighted by Crippen LogP contribution is 2.21. The normalized spacial score (nSPS) is 21.8. The topological polar surface area (TPSA) is 71.1 Å². The summed E-state index contributed by atoms with van der Waals surface area (Å²) in [6.07, 6.45) is 5.63. The predicted molar refractivity (Wildman–Crippen MR) is 88.1 cm³/mol. The molecule has 3 N–H and O–H groups in total. The van der Waals surface area contributed by atoms with Crippen molar-refractivity contribution in [1.29, 1.82) is 5.26 Å². The fraction of sp³-hybridized carbons (Fsp3) is 0.562. The van der Waals surface area contributed by atoms with Crippen molar-refractivity contribution in [2.75, 3.05) is 18.5 Å². The van der Waals surface area contributed by atoms with Gasteiger partial charge in [0.2, 0.25) is 0 Å². The molecule has 1 saturated carbocycles. The van der Waals surface area contributed by atoms with Crippen LogP contribution in [0.15, 0.2) is 22.7 Å². The van der Waals surface area contributed by atoms with Crippen LogP contribution in [0.5, 0.6) is 0 Å². The smallest absolute Gasteiger partial charge is 0.101 e. The molecular weight excluding hydrogens is 330 g/mol.